The first-order valence-corrected chi connectivity index (χ1v) is 4.70. The van der Waals surface area contributed by atoms with Gasteiger partial charge in [0.2, 0.25) is 0 Å². The zero-order chi connectivity index (χ0) is 9.84. The van der Waals surface area contributed by atoms with E-state index in [9.17, 15) is 0 Å². The topological polar surface area (TPSA) is 21.3 Å². The summed E-state index contributed by atoms with van der Waals surface area (Å²) >= 11 is 4.38. The van der Waals surface area contributed by atoms with Crippen molar-refractivity contribution in [2.75, 3.05) is 14.2 Å². The zero-order valence-corrected chi connectivity index (χ0v) is 9.06. The summed E-state index contributed by atoms with van der Waals surface area (Å²) in [7, 11) is 3.56. The van der Waals surface area contributed by atoms with Crippen molar-refractivity contribution in [1.29, 1.82) is 0 Å². The zero-order valence-electron chi connectivity index (χ0n) is 8.16. The molecule has 1 rings (SSSR count). The molecule has 0 heterocycles. The first-order valence-electron chi connectivity index (χ1n) is 4.19. The average molecular weight is 197 g/mol. The van der Waals surface area contributed by atoms with E-state index in [4.69, 9.17) is 4.74 Å². The van der Waals surface area contributed by atoms with Crippen LogP contribution < -0.4 is 10.1 Å². The van der Waals surface area contributed by atoms with Gasteiger partial charge < -0.3 is 10.1 Å². The Labute approximate surface area is 84.7 Å². The van der Waals surface area contributed by atoms with Crippen LogP contribution >= 0.6 is 12.6 Å². The molecule has 3 heteroatoms. The number of ether oxygens (including phenoxy) is 1. The smallest absolute Gasteiger partial charge is 0.121 e. The van der Waals surface area contributed by atoms with Gasteiger partial charge in [0.1, 0.15) is 5.75 Å². The van der Waals surface area contributed by atoms with Crippen molar-refractivity contribution < 1.29 is 4.74 Å². The van der Waals surface area contributed by atoms with Crippen LogP contribution in [0.25, 0.3) is 0 Å². The highest BCUT2D eigenvalue weighted by Crippen LogP contribution is 2.23. The number of thiol groups is 1. The van der Waals surface area contributed by atoms with Crippen molar-refractivity contribution in [3.05, 3.63) is 29.3 Å². The van der Waals surface area contributed by atoms with Gasteiger partial charge in [-0.3, -0.25) is 0 Å². The Kier molecular flexibility index (Phi) is 3.63. The molecule has 1 N–H and O–H groups in total. The minimum atomic E-state index is 0.0876. The van der Waals surface area contributed by atoms with Crippen molar-refractivity contribution in [2.24, 2.45) is 0 Å². The first-order chi connectivity index (χ1) is 6.19. The second-order valence-corrected chi connectivity index (χ2v) is 3.44. The number of rotatable bonds is 3. The lowest BCUT2D eigenvalue weighted by Crippen LogP contribution is -2.10. The van der Waals surface area contributed by atoms with Crippen LogP contribution in [0.15, 0.2) is 18.2 Å². The number of nitrogens with one attached hydrogen (secondary N) is 1. The molecule has 0 fully saturated rings. The van der Waals surface area contributed by atoms with Gasteiger partial charge >= 0.3 is 0 Å². The van der Waals surface area contributed by atoms with Crippen LogP contribution in [0.5, 0.6) is 5.75 Å². The second-order valence-electron chi connectivity index (χ2n) is 2.92. The van der Waals surface area contributed by atoms with Crippen molar-refractivity contribution in [3.63, 3.8) is 0 Å². The van der Waals surface area contributed by atoms with Crippen molar-refractivity contribution in [2.45, 2.75) is 12.3 Å². The number of methoxy groups -OCH3 is 1. The molecular weight excluding hydrogens is 182 g/mol. The Morgan fingerprint density at radius 3 is 2.62 bits per heavy atom. The molecule has 0 aliphatic carbocycles. The van der Waals surface area contributed by atoms with Crippen molar-refractivity contribution in [3.8, 4) is 5.75 Å². The van der Waals surface area contributed by atoms with Gasteiger partial charge in [-0.1, -0.05) is 6.07 Å². The second kappa shape index (κ2) is 4.53. The fourth-order valence-electron chi connectivity index (χ4n) is 1.24. The lowest BCUT2D eigenvalue weighted by atomic mass is 10.1. The van der Waals surface area contributed by atoms with E-state index in [0.717, 1.165) is 16.9 Å². The third-order valence-corrected chi connectivity index (χ3v) is 2.56. The largest absolute Gasteiger partial charge is 0.496 e. The van der Waals surface area contributed by atoms with Gasteiger partial charge in [0.25, 0.3) is 0 Å². The fraction of sp³-hybridized carbons (Fsp3) is 0.400. The summed E-state index contributed by atoms with van der Waals surface area (Å²) in [4.78, 5) is 0. The van der Waals surface area contributed by atoms with Crippen LogP contribution in [-0.4, -0.2) is 14.2 Å². The van der Waals surface area contributed by atoms with E-state index in [1.807, 2.05) is 26.1 Å². The fourth-order valence-corrected chi connectivity index (χ4v) is 1.40. The summed E-state index contributed by atoms with van der Waals surface area (Å²) in [5, 5.41) is 3.16. The van der Waals surface area contributed by atoms with Gasteiger partial charge in [0, 0.05) is 0 Å². The Morgan fingerprint density at radius 2 is 2.15 bits per heavy atom. The van der Waals surface area contributed by atoms with Gasteiger partial charge in [-0.25, -0.2) is 0 Å². The van der Waals surface area contributed by atoms with Gasteiger partial charge in [-0.05, 0) is 37.2 Å². The number of benzene rings is 1. The maximum Gasteiger partial charge on any atom is 0.121 e. The Bertz CT molecular complexity index is 288. The predicted molar refractivity (Wildman–Crippen MR) is 58.5 cm³/mol. The van der Waals surface area contributed by atoms with E-state index >= 15 is 0 Å². The Hall–Kier alpha value is -0.670. The van der Waals surface area contributed by atoms with Gasteiger partial charge in [-0.15, -0.1) is 0 Å². The Morgan fingerprint density at radius 1 is 1.46 bits per heavy atom. The number of hydrogen-bond acceptors (Lipinski definition) is 3. The summed E-state index contributed by atoms with van der Waals surface area (Å²) in [5.74, 6) is 0.917. The standard InChI is InChI=1S/C10H15NOS/c1-7-6-8(10(13)11-2)4-5-9(7)12-3/h4-6,10-11,13H,1-3H3. The molecule has 0 saturated heterocycles. The van der Waals surface area contributed by atoms with Crippen LogP contribution in [0.3, 0.4) is 0 Å². The molecule has 0 radical (unpaired) electrons. The molecule has 72 valence electrons. The maximum absolute atomic E-state index is 5.17. The molecule has 0 amide bonds. The van der Waals surface area contributed by atoms with E-state index in [2.05, 4.69) is 24.0 Å². The van der Waals surface area contributed by atoms with E-state index in [-0.39, 0.29) is 5.37 Å². The SMILES string of the molecule is CNC(S)c1ccc(OC)c(C)c1. The lowest BCUT2D eigenvalue weighted by Gasteiger charge is -2.12. The van der Waals surface area contributed by atoms with E-state index < -0.39 is 0 Å². The minimum absolute atomic E-state index is 0.0876. The summed E-state index contributed by atoms with van der Waals surface area (Å²) in [5.41, 5.74) is 2.29. The monoisotopic (exact) mass is 197 g/mol. The molecule has 13 heavy (non-hydrogen) atoms. The predicted octanol–water partition coefficient (Wildman–Crippen LogP) is 2.15. The van der Waals surface area contributed by atoms with Crippen molar-refractivity contribution in [1.82, 2.24) is 5.32 Å². The molecule has 2 nitrogen and oxygen atoms in total. The van der Waals surface area contributed by atoms with Crippen LogP contribution in [0.2, 0.25) is 0 Å². The van der Waals surface area contributed by atoms with Crippen LogP contribution in [-0.2, 0) is 0 Å². The van der Waals surface area contributed by atoms with Crippen LogP contribution in [0, 0.1) is 6.92 Å². The number of aryl methyl sites for hydroxylation is 1. The van der Waals surface area contributed by atoms with Gasteiger partial charge in [-0.2, -0.15) is 12.6 Å². The van der Waals surface area contributed by atoms with E-state index in [1.54, 1.807) is 7.11 Å². The molecule has 1 atom stereocenters. The highest BCUT2D eigenvalue weighted by atomic mass is 32.1. The molecule has 0 spiro atoms. The molecule has 0 bridgehead atoms. The third-order valence-electron chi connectivity index (χ3n) is 2.01. The van der Waals surface area contributed by atoms with Gasteiger partial charge in [0.15, 0.2) is 0 Å². The molecule has 0 saturated carbocycles. The maximum atomic E-state index is 5.17. The summed E-state index contributed by atoms with van der Waals surface area (Å²) in [6.45, 7) is 2.03. The third kappa shape index (κ3) is 2.39. The molecule has 1 aromatic carbocycles. The van der Waals surface area contributed by atoms with E-state index in [0.29, 0.717) is 0 Å². The molecule has 0 aromatic heterocycles. The quantitative estimate of drug-likeness (QED) is 0.572. The van der Waals surface area contributed by atoms with Crippen molar-refractivity contribution >= 4 is 12.6 Å². The minimum Gasteiger partial charge on any atom is -0.496 e. The molecule has 1 aromatic rings. The summed E-state index contributed by atoms with van der Waals surface area (Å²) < 4.78 is 5.17. The van der Waals surface area contributed by atoms with Gasteiger partial charge in [0.05, 0.1) is 12.5 Å². The summed E-state index contributed by atoms with van der Waals surface area (Å²) in [6.07, 6.45) is 0. The summed E-state index contributed by atoms with van der Waals surface area (Å²) in [6, 6.07) is 6.05. The Balaban J connectivity index is 2.95. The normalized spacial score (nSPS) is 12.6. The van der Waals surface area contributed by atoms with Crippen LogP contribution in [0.1, 0.15) is 16.5 Å². The molecule has 0 aliphatic rings. The molecular formula is C10H15NOS. The van der Waals surface area contributed by atoms with Crippen LogP contribution in [0.4, 0.5) is 0 Å². The molecule has 0 aliphatic heterocycles. The molecule has 1 unspecified atom stereocenters. The highest BCUT2D eigenvalue weighted by molar-refractivity contribution is 7.80. The van der Waals surface area contributed by atoms with E-state index in [1.165, 1.54) is 0 Å². The first kappa shape index (κ1) is 10.4. The highest BCUT2D eigenvalue weighted by Gasteiger charge is 2.05. The lowest BCUT2D eigenvalue weighted by molar-refractivity contribution is 0.411. The number of hydrogen-bond donors (Lipinski definition) is 2. The average Bonchev–Trinajstić information content (AvgIpc) is 2.16.